The molecule has 2 rings (SSSR count). The van der Waals surface area contributed by atoms with Gasteiger partial charge in [0, 0.05) is 18.0 Å². The molecule has 0 unspecified atom stereocenters. The van der Waals surface area contributed by atoms with E-state index in [1.165, 1.54) is 6.08 Å². The van der Waals surface area contributed by atoms with Crippen molar-refractivity contribution in [3.63, 3.8) is 0 Å². The summed E-state index contributed by atoms with van der Waals surface area (Å²) in [5.74, 6) is 0.239. The van der Waals surface area contributed by atoms with E-state index in [1.54, 1.807) is 25.3 Å². The molecule has 6 heteroatoms. The van der Waals surface area contributed by atoms with Crippen LogP contribution in [-0.2, 0) is 4.79 Å². The normalized spacial score (nSPS) is 12.6. The number of pyridine rings is 1. The largest absolute Gasteiger partial charge is 0.514 e. The standard InChI is InChI=1S/C23H27N3O3/c1-15-6-5-7-19(10-15)21(14-28)26-23(29)9-8-16(2)20-11-22(24-12-17(20)3)25-18(4)13-27/h5-13,21,27-28H,2,14H2,1,3-4H3,(H,24,25)(H,26,29)/b9-8+,18-13+/t21-/m1/s1. The Kier molecular flexibility index (Phi) is 7.74. The molecule has 1 atom stereocenters. The number of carbonyl (C=O) groups excluding carboxylic acids is 1. The fraction of sp³-hybridized carbons (Fsp3) is 0.217. The summed E-state index contributed by atoms with van der Waals surface area (Å²) in [6.07, 6.45) is 5.68. The SMILES string of the molecule is C=C(/C=C/C(=O)N[C@H](CO)c1cccc(C)c1)c1cc(N/C(C)=C/O)ncc1C. The Hall–Kier alpha value is -3.38. The molecular formula is C23H27N3O3. The third-order valence-corrected chi connectivity index (χ3v) is 4.35. The summed E-state index contributed by atoms with van der Waals surface area (Å²) < 4.78 is 0. The summed E-state index contributed by atoms with van der Waals surface area (Å²) >= 11 is 0. The molecule has 4 N–H and O–H groups in total. The zero-order valence-electron chi connectivity index (χ0n) is 16.9. The number of anilines is 1. The molecule has 1 heterocycles. The lowest BCUT2D eigenvalue weighted by Crippen LogP contribution is -2.29. The minimum absolute atomic E-state index is 0.194. The van der Waals surface area contributed by atoms with Gasteiger partial charge in [0.05, 0.1) is 18.9 Å². The second-order valence-electron chi connectivity index (χ2n) is 6.84. The van der Waals surface area contributed by atoms with Crippen LogP contribution < -0.4 is 10.6 Å². The highest BCUT2D eigenvalue weighted by molar-refractivity contribution is 5.91. The molecule has 0 spiro atoms. The molecular weight excluding hydrogens is 366 g/mol. The van der Waals surface area contributed by atoms with Crippen molar-refractivity contribution in [2.24, 2.45) is 0 Å². The summed E-state index contributed by atoms with van der Waals surface area (Å²) in [5.41, 5.74) is 4.84. The molecule has 152 valence electrons. The highest BCUT2D eigenvalue weighted by Gasteiger charge is 2.12. The smallest absolute Gasteiger partial charge is 0.244 e. The number of aliphatic hydroxyl groups excluding tert-OH is 2. The minimum Gasteiger partial charge on any atom is -0.514 e. The second-order valence-corrected chi connectivity index (χ2v) is 6.84. The minimum atomic E-state index is -0.480. The predicted molar refractivity (Wildman–Crippen MR) is 116 cm³/mol. The van der Waals surface area contributed by atoms with E-state index in [-0.39, 0.29) is 12.5 Å². The van der Waals surface area contributed by atoms with E-state index in [4.69, 9.17) is 5.11 Å². The van der Waals surface area contributed by atoms with Crippen LogP contribution >= 0.6 is 0 Å². The lowest BCUT2D eigenvalue weighted by molar-refractivity contribution is -0.117. The number of carbonyl (C=O) groups is 1. The first-order chi connectivity index (χ1) is 13.8. The van der Waals surface area contributed by atoms with E-state index in [1.807, 2.05) is 38.1 Å². The maximum absolute atomic E-state index is 12.3. The molecule has 0 radical (unpaired) electrons. The van der Waals surface area contributed by atoms with Crippen molar-refractivity contribution < 1.29 is 15.0 Å². The number of aryl methyl sites for hydroxylation is 2. The van der Waals surface area contributed by atoms with Crippen LogP contribution in [-0.4, -0.2) is 27.7 Å². The van der Waals surface area contributed by atoms with Crippen LogP contribution in [0, 0.1) is 13.8 Å². The Morgan fingerprint density at radius 2 is 2.03 bits per heavy atom. The Labute approximate surface area is 171 Å². The molecule has 0 saturated carbocycles. The number of rotatable bonds is 8. The number of nitrogens with one attached hydrogen (secondary N) is 2. The highest BCUT2D eigenvalue weighted by atomic mass is 16.3. The van der Waals surface area contributed by atoms with Crippen molar-refractivity contribution in [2.75, 3.05) is 11.9 Å². The molecule has 1 aromatic heterocycles. The number of benzene rings is 1. The number of amides is 1. The van der Waals surface area contributed by atoms with Gasteiger partial charge in [-0.25, -0.2) is 4.98 Å². The summed E-state index contributed by atoms with van der Waals surface area (Å²) in [6.45, 7) is 9.41. The summed E-state index contributed by atoms with van der Waals surface area (Å²) in [7, 11) is 0. The number of hydrogen-bond acceptors (Lipinski definition) is 5. The number of nitrogens with zero attached hydrogens (tertiary/aromatic N) is 1. The van der Waals surface area contributed by atoms with Crippen LogP contribution in [0.25, 0.3) is 5.57 Å². The molecule has 2 aromatic rings. The van der Waals surface area contributed by atoms with Gasteiger partial charge in [-0.1, -0.05) is 36.4 Å². The molecule has 1 aromatic carbocycles. The first kappa shape index (κ1) is 21.9. The zero-order valence-corrected chi connectivity index (χ0v) is 16.9. The summed E-state index contributed by atoms with van der Waals surface area (Å²) in [6, 6.07) is 8.98. The van der Waals surface area contributed by atoms with Crippen LogP contribution in [0.1, 0.15) is 35.2 Å². The average Bonchev–Trinajstić information content (AvgIpc) is 2.71. The quantitative estimate of drug-likeness (QED) is 0.309. The number of allylic oxidation sites excluding steroid dienone is 3. The number of aromatic nitrogens is 1. The van der Waals surface area contributed by atoms with E-state index in [2.05, 4.69) is 22.2 Å². The first-order valence-electron chi connectivity index (χ1n) is 9.24. The fourth-order valence-corrected chi connectivity index (χ4v) is 2.78. The number of aliphatic hydroxyl groups is 2. The Morgan fingerprint density at radius 1 is 1.28 bits per heavy atom. The maximum Gasteiger partial charge on any atom is 0.244 e. The molecule has 6 nitrogen and oxygen atoms in total. The van der Waals surface area contributed by atoms with E-state index in [0.29, 0.717) is 17.1 Å². The van der Waals surface area contributed by atoms with Gasteiger partial charge in [0.1, 0.15) is 5.82 Å². The Morgan fingerprint density at radius 3 is 2.69 bits per heavy atom. The lowest BCUT2D eigenvalue weighted by Gasteiger charge is -2.16. The lowest BCUT2D eigenvalue weighted by atomic mass is 10.0. The van der Waals surface area contributed by atoms with E-state index >= 15 is 0 Å². The van der Waals surface area contributed by atoms with Gasteiger partial charge in [-0.2, -0.15) is 0 Å². The van der Waals surface area contributed by atoms with Gasteiger partial charge in [-0.05, 0) is 55.2 Å². The monoisotopic (exact) mass is 393 g/mol. The molecule has 0 aliphatic carbocycles. The molecule has 0 fully saturated rings. The first-order valence-corrected chi connectivity index (χ1v) is 9.24. The molecule has 0 saturated heterocycles. The van der Waals surface area contributed by atoms with Crippen molar-refractivity contribution in [1.29, 1.82) is 0 Å². The van der Waals surface area contributed by atoms with Crippen molar-refractivity contribution in [3.05, 3.63) is 89.5 Å². The van der Waals surface area contributed by atoms with Gasteiger partial charge < -0.3 is 20.8 Å². The zero-order chi connectivity index (χ0) is 21.4. The fourth-order valence-electron chi connectivity index (χ4n) is 2.78. The van der Waals surface area contributed by atoms with Crippen molar-refractivity contribution >= 4 is 17.3 Å². The Bertz CT molecular complexity index is 948. The van der Waals surface area contributed by atoms with Crippen molar-refractivity contribution in [2.45, 2.75) is 26.8 Å². The predicted octanol–water partition coefficient (Wildman–Crippen LogP) is 3.95. The highest BCUT2D eigenvalue weighted by Crippen LogP contribution is 2.21. The second kappa shape index (κ2) is 10.2. The van der Waals surface area contributed by atoms with Crippen LogP contribution in [0.4, 0.5) is 5.82 Å². The van der Waals surface area contributed by atoms with Gasteiger partial charge in [0.2, 0.25) is 5.91 Å². The van der Waals surface area contributed by atoms with Gasteiger partial charge in [-0.3, -0.25) is 4.79 Å². The number of hydrogen-bond donors (Lipinski definition) is 4. The van der Waals surface area contributed by atoms with Crippen LogP contribution in [0.5, 0.6) is 0 Å². The molecule has 0 aliphatic heterocycles. The van der Waals surface area contributed by atoms with Gasteiger partial charge in [0.25, 0.3) is 0 Å². The van der Waals surface area contributed by atoms with E-state index in [9.17, 15) is 9.90 Å². The third-order valence-electron chi connectivity index (χ3n) is 4.35. The molecule has 0 bridgehead atoms. The summed E-state index contributed by atoms with van der Waals surface area (Å²) in [5, 5.41) is 24.4. The molecule has 29 heavy (non-hydrogen) atoms. The van der Waals surface area contributed by atoms with Crippen LogP contribution in [0.3, 0.4) is 0 Å². The van der Waals surface area contributed by atoms with E-state index in [0.717, 1.165) is 28.5 Å². The molecule has 1 amide bonds. The van der Waals surface area contributed by atoms with Gasteiger partial charge in [-0.15, -0.1) is 0 Å². The Balaban J connectivity index is 2.09. The van der Waals surface area contributed by atoms with Crippen molar-refractivity contribution in [3.8, 4) is 0 Å². The third kappa shape index (κ3) is 6.33. The topological polar surface area (TPSA) is 94.5 Å². The molecule has 0 aliphatic rings. The van der Waals surface area contributed by atoms with E-state index < -0.39 is 6.04 Å². The average molecular weight is 393 g/mol. The van der Waals surface area contributed by atoms with Crippen molar-refractivity contribution in [1.82, 2.24) is 10.3 Å². The van der Waals surface area contributed by atoms with Gasteiger partial charge >= 0.3 is 0 Å². The summed E-state index contributed by atoms with van der Waals surface area (Å²) in [4.78, 5) is 16.6. The maximum atomic E-state index is 12.3. The van der Waals surface area contributed by atoms with Gasteiger partial charge in [0.15, 0.2) is 0 Å². The van der Waals surface area contributed by atoms with Crippen LogP contribution in [0.15, 0.2) is 67.2 Å². The van der Waals surface area contributed by atoms with Crippen LogP contribution in [0.2, 0.25) is 0 Å².